The molecule has 0 N–H and O–H groups in total. The number of hydrogen-bond donors (Lipinski definition) is 0. The van der Waals surface area contributed by atoms with E-state index in [1.165, 1.54) is 13.2 Å². The number of halogens is 3. The molecular formula is C27H25Cl2FN6O2. The zero-order valence-corrected chi connectivity index (χ0v) is 22.3. The van der Waals surface area contributed by atoms with Gasteiger partial charge in [0.25, 0.3) is 0 Å². The van der Waals surface area contributed by atoms with Crippen molar-refractivity contribution in [2.24, 2.45) is 0 Å². The number of methoxy groups -OCH3 is 1. The molecule has 0 radical (unpaired) electrons. The first-order chi connectivity index (χ1) is 18.4. The van der Waals surface area contributed by atoms with Gasteiger partial charge in [-0.3, -0.25) is 19.4 Å². The first-order valence-electron chi connectivity index (χ1n) is 12.0. The summed E-state index contributed by atoms with van der Waals surface area (Å²) in [5.74, 6) is -0.165. The van der Waals surface area contributed by atoms with Crippen LogP contribution in [0.2, 0.25) is 10.0 Å². The lowest BCUT2D eigenvalue weighted by atomic mass is 10.1. The van der Waals surface area contributed by atoms with Crippen LogP contribution in [-0.4, -0.2) is 63.3 Å². The molecule has 0 saturated carbocycles. The maximum Gasteiger partial charge on any atom is 0.244 e. The van der Waals surface area contributed by atoms with Crippen molar-refractivity contribution in [1.82, 2.24) is 24.6 Å². The Bertz CT molecular complexity index is 1450. The highest BCUT2D eigenvalue weighted by molar-refractivity contribution is 6.35. The normalized spacial score (nSPS) is 15.6. The highest BCUT2D eigenvalue weighted by atomic mass is 35.5. The molecule has 1 fully saturated rings. The van der Waals surface area contributed by atoms with Gasteiger partial charge in [-0.05, 0) is 37.3 Å². The minimum Gasteiger partial charge on any atom is -0.495 e. The van der Waals surface area contributed by atoms with Crippen molar-refractivity contribution < 1.29 is 13.9 Å². The number of pyridine rings is 2. The average Bonchev–Trinajstić information content (AvgIpc) is 3.25. The smallest absolute Gasteiger partial charge is 0.244 e. The molecule has 1 aliphatic heterocycles. The fourth-order valence-electron chi connectivity index (χ4n) is 4.65. The third kappa shape index (κ3) is 5.04. The second kappa shape index (κ2) is 11.0. The molecule has 0 spiro atoms. The number of piperazine rings is 1. The van der Waals surface area contributed by atoms with E-state index in [0.29, 0.717) is 58.9 Å². The van der Waals surface area contributed by atoms with Gasteiger partial charge in [-0.15, -0.1) is 0 Å². The Kier molecular flexibility index (Phi) is 7.49. The molecule has 8 nitrogen and oxygen atoms in total. The first kappa shape index (κ1) is 25.9. The lowest BCUT2D eigenvalue weighted by Gasteiger charge is -2.41. The molecule has 1 saturated heterocycles. The van der Waals surface area contributed by atoms with Crippen molar-refractivity contribution in [3.05, 3.63) is 76.8 Å². The van der Waals surface area contributed by atoms with E-state index in [1.54, 1.807) is 28.0 Å². The Morgan fingerprint density at radius 2 is 1.79 bits per heavy atom. The predicted octanol–water partition coefficient (Wildman–Crippen LogP) is 5.20. The second-order valence-corrected chi connectivity index (χ2v) is 9.70. The van der Waals surface area contributed by atoms with Gasteiger partial charge in [0.1, 0.15) is 29.5 Å². The van der Waals surface area contributed by atoms with Gasteiger partial charge in [-0.25, -0.2) is 4.39 Å². The van der Waals surface area contributed by atoms with Gasteiger partial charge in [-0.1, -0.05) is 35.3 Å². The highest BCUT2D eigenvalue weighted by Crippen LogP contribution is 2.36. The van der Waals surface area contributed by atoms with Gasteiger partial charge in [0.05, 0.1) is 34.2 Å². The first-order valence-corrected chi connectivity index (χ1v) is 12.8. The molecule has 3 aromatic heterocycles. The van der Waals surface area contributed by atoms with E-state index in [2.05, 4.69) is 15.1 Å². The lowest BCUT2D eigenvalue weighted by Crippen LogP contribution is -2.55. The van der Waals surface area contributed by atoms with Crippen LogP contribution >= 0.6 is 23.2 Å². The number of anilines is 1. The number of carbonyl (C=O) groups is 1. The summed E-state index contributed by atoms with van der Waals surface area (Å²) >= 11 is 12.8. The lowest BCUT2D eigenvalue weighted by molar-refractivity contribution is -0.134. The molecule has 4 heterocycles. The van der Waals surface area contributed by atoms with E-state index in [0.717, 1.165) is 0 Å². The summed E-state index contributed by atoms with van der Waals surface area (Å²) in [6.07, 6.45) is 3.33. The molecule has 1 aromatic carbocycles. The Morgan fingerprint density at radius 1 is 1.08 bits per heavy atom. The van der Waals surface area contributed by atoms with Gasteiger partial charge < -0.3 is 14.5 Å². The molecule has 0 bridgehead atoms. The number of carbonyl (C=O) groups excluding carboxylic acids is 1. The standard InChI is InChI=1S/C27H25Cl2FN6O2/c1-17-15-34(22-14-23(38-2)18(28)13-19(22)30)11-12-35(17)24(37)16-36-27(21-8-4-6-10-32-21)25(29)26(33-36)20-7-3-5-9-31-20/h3-10,13-14,17H,11-12,15-16H2,1-2H3/t17-/m0/s1. The van der Waals surface area contributed by atoms with Crippen LogP contribution < -0.4 is 9.64 Å². The van der Waals surface area contributed by atoms with E-state index in [-0.39, 0.29) is 23.5 Å². The zero-order chi connectivity index (χ0) is 26.8. The van der Waals surface area contributed by atoms with Crippen LogP contribution in [0.1, 0.15) is 6.92 Å². The summed E-state index contributed by atoms with van der Waals surface area (Å²) in [5, 5.41) is 5.25. The molecule has 1 atom stereocenters. The number of rotatable bonds is 6. The van der Waals surface area contributed by atoms with Crippen LogP contribution in [0.4, 0.5) is 10.1 Å². The van der Waals surface area contributed by atoms with E-state index in [1.807, 2.05) is 48.2 Å². The molecule has 38 heavy (non-hydrogen) atoms. The Labute approximate surface area is 229 Å². The number of benzene rings is 1. The molecule has 4 aromatic rings. The SMILES string of the molecule is COc1cc(N2CCN(C(=O)Cn3nc(-c4ccccn4)c(Cl)c3-c3ccccn3)[C@@H](C)C2)c(F)cc1Cl. The van der Waals surface area contributed by atoms with Gasteiger partial charge in [0.15, 0.2) is 0 Å². The minimum atomic E-state index is -0.434. The summed E-state index contributed by atoms with van der Waals surface area (Å²) in [6, 6.07) is 13.6. The zero-order valence-electron chi connectivity index (χ0n) is 20.8. The summed E-state index contributed by atoms with van der Waals surface area (Å²) in [6.45, 7) is 3.20. The number of aromatic nitrogens is 4. The number of nitrogens with zero attached hydrogens (tertiary/aromatic N) is 6. The van der Waals surface area contributed by atoms with Crippen LogP contribution in [0.25, 0.3) is 22.8 Å². The van der Waals surface area contributed by atoms with Gasteiger partial charge in [0, 0.05) is 44.1 Å². The largest absolute Gasteiger partial charge is 0.495 e. The quantitative estimate of drug-likeness (QED) is 0.326. The summed E-state index contributed by atoms with van der Waals surface area (Å²) in [7, 11) is 1.49. The average molecular weight is 555 g/mol. The van der Waals surface area contributed by atoms with Gasteiger partial charge in [0.2, 0.25) is 5.91 Å². The molecule has 0 aliphatic carbocycles. The Balaban J connectivity index is 1.39. The van der Waals surface area contributed by atoms with Crippen molar-refractivity contribution in [2.75, 3.05) is 31.6 Å². The number of ether oxygens (including phenoxy) is 1. The maximum absolute atomic E-state index is 14.7. The van der Waals surface area contributed by atoms with Crippen molar-refractivity contribution in [3.63, 3.8) is 0 Å². The monoisotopic (exact) mass is 554 g/mol. The molecule has 1 aliphatic rings. The predicted molar refractivity (Wildman–Crippen MR) is 145 cm³/mol. The molecular weight excluding hydrogens is 530 g/mol. The van der Waals surface area contributed by atoms with Gasteiger partial charge in [-0.2, -0.15) is 5.10 Å². The summed E-state index contributed by atoms with van der Waals surface area (Å²) in [4.78, 5) is 26.0. The van der Waals surface area contributed by atoms with Crippen LogP contribution in [0, 0.1) is 5.82 Å². The van der Waals surface area contributed by atoms with Crippen LogP contribution in [0.15, 0.2) is 60.9 Å². The molecule has 0 unspecified atom stereocenters. The van der Waals surface area contributed by atoms with Crippen LogP contribution in [-0.2, 0) is 11.3 Å². The summed E-state index contributed by atoms with van der Waals surface area (Å²) < 4.78 is 21.5. The van der Waals surface area contributed by atoms with Crippen molar-refractivity contribution in [2.45, 2.75) is 19.5 Å². The van der Waals surface area contributed by atoms with Crippen molar-refractivity contribution in [1.29, 1.82) is 0 Å². The third-order valence-corrected chi connectivity index (χ3v) is 7.16. The highest BCUT2D eigenvalue weighted by Gasteiger charge is 2.31. The number of hydrogen-bond acceptors (Lipinski definition) is 6. The molecule has 196 valence electrons. The van der Waals surface area contributed by atoms with E-state index in [4.69, 9.17) is 27.9 Å². The van der Waals surface area contributed by atoms with Crippen LogP contribution in [0.3, 0.4) is 0 Å². The summed E-state index contributed by atoms with van der Waals surface area (Å²) in [5.41, 5.74) is 2.61. The molecule has 1 amide bonds. The maximum atomic E-state index is 14.7. The molecule has 5 rings (SSSR count). The van der Waals surface area contributed by atoms with E-state index < -0.39 is 5.82 Å². The Hall–Kier alpha value is -3.69. The van der Waals surface area contributed by atoms with E-state index >= 15 is 0 Å². The second-order valence-electron chi connectivity index (χ2n) is 8.92. The minimum absolute atomic E-state index is 0.0358. The van der Waals surface area contributed by atoms with Crippen molar-refractivity contribution >= 4 is 34.8 Å². The van der Waals surface area contributed by atoms with Crippen molar-refractivity contribution in [3.8, 4) is 28.5 Å². The topological polar surface area (TPSA) is 76.4 Å². The Morgan fingerprint density at radius 3 is 2.42 bits per heavy atom. The fraction of sp³-hybridized carbons (Fsp3) is 0.259. The van der Waals surface area contributed by atoms with E-state index in [9.17, 15) is 9.18 Å². The van der Waals surface area contributed by atoms with Crippen LogP contribution in [0.5, 0.6) is 5.75 Å². The third-order valence-electron chi connectivity index (χ3n) is 6.50. The molecule has 11 heteroatoms. The fourth-order valence-corrected chi connectivity index (χ4v) is 5.21. The van der Waals surface area contributed by atoms with Gasteiger partial charge >= 0.3 is 0 Å². The number of amides is 1.